The van der Waals surface area contributed by atoms with Crippen LogP contribution >= 0.6 is 0 Å². The van der Waals surface area contributed by atoms with E-state index in [1.807, 2.05) is 18.2 Å². The minimum atomic E-state index is -2.85. The molecule has 0 spiro atoms. The van der Waals surface area contributed by atoms with Crippen LogP contribution in [-0.4, -0.2) is 37.1 Å². The Bertz CT molecular complexity index is 717. The molecule has 1 saturated heterocycles. The van der Waals surface area contributed by atoms with Gasteiger partial charge < -0.3 is 10.1 Å². The van der Waals surface area contributed by atoms with Gasteiger partial charge >= 0.3 is 6.61 Å². The maximum atomic E-state index is 12.3. The van der Waals surface area contributed by atoms with E-state index in [4.69, 9.17) is 0 Å². The summed E-state index contributed by atoms with van der Waals surface area (Å²) in [5.41, 5.74) is 1.96. The Morgan fingerprint density at radius 1 is 1.04 bits per heavy atom. The van der Waals surface area contributed by atoms with Crippen LogP contribution in [0.25, 0.3) is 0 Å². The van der Waals surface area contributed by atoms with Gasteiger partial charge in [0.25, 0.3) is 0 Å². The Hall–Kier alpha value is -2.47. The summed E-state index contributed by atoms with van der Waals surface area (Å²) >= 11 is 0. The summed E-state index contributed by atoms with van der Waals surface area (Å²) in [6, 6.07) is 16.5. The zero-order valence-corrected chi connectivity index (χ0v) is 15.1. The van der Waals surface area contributed by atoms with Crippen LogP contribution in [0.2, 0.25) is 0 Å². The lowest BCUT2D eigenvalue weighted by atomic mass is 10.1. The predicted molar refractivity (Wildman–Crippen MR) is 99.8 cm³/mol. The Morgan fingerprint density at radius 3 is 2.33 bits per heavy atom. The van der Waals surface area contributed by atoms with Crippen LogP contribution in [0.15, 0.2) is 54.6 Å². The van der Waals surface area contributed by atoms with Crippen LogP contribution in [0.1, 0.15) is 30.0 Å². The summed E-state index contributed by atoms with van der Waals surface area (Å²) in [7, 11) is 0. The molecule has 2 aromatic carbocycles. The van der Waals surface area contributed by atoms with Crippen molar-refractivity contribution in [1.82, 2.24) is 10.2 Å². The zero-order chi connectivity index (χ0) is 19.1. The second-order valence-corrected chi connectivity index (χ2v) is 6.67. The fraction of sp³-hybridized carbons (Fsp3) is 0.381. The number of rotatable bonds is 8. The fourth-order valence-electron chi connectivity index (χ4n) is 3.43. The second-order valence-electron chi connectivity index (χ2n) is 6.67. The van der Waals surface area contributed by atoms with Gasteiger partial charge in [-0.25, -0.2) is 0 Å². The van der Waals surface area contributed by atoms with E-state index in [-0.39, 0.29) is 24.1 Å². The van der Waals surface area contributed by atoms with Crippen molar-refractivity contribution in [2.75, 3.05) is 19.6 Å². The standard InChI is InChI=1S/C21H24F2N2O2/c22-21(23)27-18-10-8-16(9-11-18)14-20(26)24-15-19(25-12-4-5-13-25)17-6-2-1-3-7-17/h1-3,6-11,19,21H,4-5,12-15H2,(H,24,26). The summed E-state index contributed by atoms with van der Waals surface area (Å²) in [5.74, 6) is 0.00462. The van der Waals surface area contributed by atoms with Gasteiger partial charge in [-0.3, -0.25) is 9.69 Å². The highest BCUT2D eigenvalue weighted by Gasteiger charge is 2.23. The van der Waals surface area contributed by atoms with E-state index < -0.39 is 6.61 Å². The van der Waals surface area contributed by atoms with Crippen molar-refractivity contribution in [3.05, 3.63) is 65.7 Å². The number of carbonyl (C=O) groups is 1. The summed E-state index contributed by atoms with van der Waals surface area (Å²) in [4.78, 5) is 14.8. The first-order valence-corrected chi connectivity index (χ1v) is 9.21. The molecule has 1 amide bonds. The summed E-state index contributed by atoms with van der Waals surface area (Å²) in [6.07, 6.45) is 2.57. The molecule has 0 aromatic heterocycles. The molecule has 1 heterocycles. The number of hydrogen-bond acceptors (Lipinski definition) is 3. The zero-order valence-electron chi connectivity index (χ0n) is 15.1. The van der Waals surface area contributed by atoms with E-state index in [1.54, 1.807) is 12.1 Å². The van der Waals surface area contributed by atoms with E-state index in [1.165, 1.54) is 30.5 Å². The van der Waals surface area contributed by atoms with Gasteiger partial charge in [-0.15, -0.1) is 0 Å². The first-order valence-electron chi connectivity index (χ1n) is 9.21. The summed E-state index contributed by atoms with van der Waals surface area (Å²) in [6.45, 7) is -0.211. The predicted octanol–water partition coefficient (Wildman–Crippen LogP) is 3.78. The largest absolute Gasteiger partial charge is 0.435 e. The molecule has 1 unspecified atom stereocenters. The second kappa shape index (κ2) is 9.46. The average molecular weight is 374 g/mol. The third-order valence-corrected chi connectivity index (χ3v) is 4.77. The van der Waals surface area contributed by atoms with Crippen molar-refractivity contribution in [3.8, 4) is 5.75 Å². The minimum absolute atomic E-state index is 0.0855. The Morgan fingerprint density at radius 2 is 1.70 bits per heavy atom. The number of carbonyl (C=O) groups excluding carboxylic acids is 1. The van der Waals surface area contributed by atoms with Crippen molar-refractivity contribution in [3.63, 3.8) is 0 Å². The quantitative estimate of drug-likeness (QED) is 0.765. The Labute approximate surface area is 158 Å². The lowest BCUT2D eigenvalue weighted by molar-refractivity contribution is -0.120. The molecule has 1 N–H and O–H groups in total. The number of amides is 1. The van der Waals surface area contributed by atoms with Gasteiger partial charge in [-0.2, -0.15) is 8.78 Å². The monoisotopic (exact) mass is 374 g/mol. The number of alkyl halides is 2. The van der Waals surface area contributed by atoms with Crippen molar-refractivity contribution in [2.45, 2.75) is 31.9 Å². The first-order chi connectivity index (χ1) is 13.1. The molecule has 0 bridgehead atoms. The average Bonchev–Trinajstić information content (AvgIpc) is 3.18. The van der Waals surface area contributed by atoms with E-state index in [0.29, 0.717) is 6.54 Å². The molecule has 1 atom stereocenters. The van der Waals surface area contributed by atoms with Crippen LogP contribution < -0.4 is 10.1 Å². The van der Waals surface area contributed by atoms with Gasteiger partial charge in [-0.05, 0) is 49.2 Å². The van der Waals surface area contributed by atoms with Crippen LogP contribution in [0.4, 0.5) is 8.78 Å². The van der Waals surface area contributed by atoms with Gasteiger partial charge in [0.1, 0.15) is 5.75 Å². The Balaban J connectivity index is 1.56. The Kier molecular flexibility index (Phi) is 6.76. The lowest BCUT2D eigenvalue weighted by Gasteiger charge is -2.28. The number of nitrogens with zero attached hydrogens (tertiary/aromatic N) is 1. The number of benzene rings is 2. The third kappa shape index (κ3) is 5.76. The first kappa shape index (κ1) is 19.3. The van der Waals surface area contributed by atoms with Gasteiger partial charge in [0.05, 0.1) is 12.5 Å². The van der Waals surface area contributed by atoms with E-state index in [0.717, 1.165) is 18.7 Å². The highest BCUT2D eigenvalue weighted by molar-refractivity contribution is 5.78. The van der Waals surface area contributed by atoms with Crippen molar-refractivity contribution >= 4 is 5.91 Å². The van der Waals surface area contributed by atoms with Crippen molar-refractivity contribution < 1.29 is 18.3 Å². The maximum Gasteiger partial charge on any atom is 0.387 e. The minimum Gasteiger partial charge on any atom is -0.435 e. The molecule has 0 aliphatic carbocycles. The van der Waals surface area contributed by atoms with Crippen molar-refractivity contribution in [2.24, 2.45) is 0 Å². The summed E-state index contributed by atoms with van der Waals surface area (Å²) in [5, 5.41) is 3.02. The number of halogens is 2. The molecule has 1 fully saturated rings. The molecule has 1 aliphatic rings. The molecule has 4 nitrogen and oxygen atoms in total. The third-order valence-electron chi connectivity index (χ3n) is 4.77. The molecule has 0 radical (unpaired) electrons. The molecule has 2 aromatic rings. The van der Waals surface area contributed by atoms with Crippen LogP contribution in [0.3, 0.4) is 0 Å². The van der Waals surface area contributed by atoms with Gasteiger partial charge in [-0.1, -0.05) is 42.5 Å². The number of hydrogen-bond donors (Lipinski definition) is 1. The normalized spacial score (nSPS) is 15.7. The molecular weight excluding hydrogens is 350 g/mol. The number of likely N-dealkylation sites (tertiary alicyclic amines) is 1. The lowest BCUT2D eigenvalue weighted by Crippen LogP contribution is -2.37. The molecule has 1 aliphatic heterocycles. The molecular formula is C21H24F2N2O2. The van der Waals surface area contributed by atoms with Gasteiger partial charge in [0, 0.05) is 6.54 Å². The van der Waals surface area contributed by atoms with Gasteiger partial charge in [0.15, 0.2) is 0 Å². The molecule has 144 valence electrons. The number of ether oxygens (including phenoxy) is 1. The maximum absolute atomic E-state index is 12.3. The van der Waals surface area contributed by atoms with Crippen molar-refractivity contribution in [1.29, 1.82) is 0 Å². The molecule has 27 heavy (non-hydrogen) atoms. The summed E-state index contributed by atoms with van der Waals surface area (Å²) < 4.78 is 28.7. The molecule has 0 saturated carbocycles. The van der Waals surface area contributed by atoms with E-state index in [9.17, 15) is 13.6 Å². The van der Waals surface area contributed by atoms with E-state index in [2.05, 4.69) is 27.1 Å². The van der Waals surface area contributed by atoms with E-state index >= 15 is 0 Å². The molecule has 3 rings (SSSR count). The smallest absolute Gasteiger partial charge is 0.387 e. The van der Waals surface area contributed by atoms with Crippen LogP contribution in [0.5, 0.6) is 5.75 Å². The number of nitrogens with one attached hydrogen (secondary N) is 1. The fourth-order valence-corrected chi connectivity index (χ4v) is 3.43. The highest BCUT2D eigenvalue weighted by atomic mass is 19.3. The highest BCUT2D eigenvalue weighted by Crippen LogP contribution is 2.24. The van der Waals surface area contributed by atoms with Crippen LogP contribution in [-0.2, 0) is 11.2 Å². The van der Waals surface area contributed by atoms with Crippen LogP contribution in [0, 0.1) is 0 Å². The molecule has 6 heteroatoms. The SMILES string of the molecule is O=C(Cc1ccc(OC(F)F)cc1)NCC(c1ccccc1)N1CCCC1. The van der Waals surface area contributed by atoms with Gasteiger partial charge in [0.2, 0.25) is 5.91 Å². The topological polar surface area (TPSA) is 41.6 Å².